The number of anilines is 3. The molecule has 2 heterocycles. The van der Waals surface area contributed by atoms with Crippen molar-refractivity contribution in [1.29, 1.82) is 0 Å². The second kappa shape index (κ2) is 8.25. The number of H-pyrrole nitrogens is 1. The van der Waals surface area contributed by atoms with Crippen LogP contribution in [0.15, 0.2) is 42.5 Å². The van der Waals surface area contributed by atoms with Crippen LogP contribution < -0.4 is 11.1 Å². The number of aromatic nitrogens is 6. The van der Waals surface area contributed by atoms with Gasteiger partial charge in [0, 0.05) is 17.3 Å². The zero-order valence-corrected chi connectivity index (χ0v) is 16.0. The van der Waals surface area contributed by atoms with Gasteiger partial charge in [0.05, 0.1) is 10.6 Å². The summed E-state index contributed by atoms with van der Waals surface area (Å²) in [6.45, 7) is 0. The highest BCUT2D eigenvalue weighted by atomic mass is 35.5. The van der Waals surface area contributed by atoms with Crippen LogP contribution in [0.3, 0.4) is 0 Å². The summed E-state index contributed by atoms with van der Waals surface area (Å²) >= 11 is 6.14. The normalized spacial score (nSPS) is 10.4. The van der Waals surface area contributed by atoms with Gasteiger partial charge >= 0.3 is 0 Å². The highest BCUT2D eigenvalue weighted by Crippen LogP contribution is 2.33. The van der Waals surface area contributed by atoms with Crippen molar-refractivity contribution in [1.82, 2.24) is 30.6 Å². The number of halogens is 3. The van der Waals surface area contributed by atoms with E-state index < -0.39 is 5.82 Å². The van der Waals surface area contributed by atoms with E-state index in [1.165, 1.54) is 6.07 Å². The minimum absolute atomic E-state index is 0. The van der Waals surface area contributed by atoms with Gasteiger partial charge in [-0.1, -0.05) is 29.8 Å². The number of nitrogens with two attached hydrogens (primary N) is 1. The Balaban J connectivity index is 0.00000240. The summed E-state index contributed by atoms with van der Waals surface area (Å²) in [6.07, 6.45) is 0. The molecule has 0 bridgehead atoms. The Labute approximate surface area is 174 Å². The summed E-state index contributed by atoms with van der Waals surface area (Å²) in [7, 11) is 0. The maximum absolute atomic E-state index is 14.5. The maximum Gasteiger partial charge on any atom is 0.229 e. The first-order valence-electron chi connectivity index (χ1n) is 7.94. The monoisotopic (exact) mass is 434 g/mol. The van der Waals surface area contributed by atoms with E-state index in [0.717, 1.165) is 0 Å². The zero-order chi connectivity index (χ0) is 19.7. The van der Waals surface area contributed by atoms with Crippen molar-refractivity contribution < 1.29 is 9.50 Å². The maximum atomic E-state index is 14.5. The van der Waals surface area contributed by atoms with Crippen LogP contribution in [0.25, 0.3) is 22.6 Å². The lowest BCUT2D eigenvalue weighted by Crippen LogP contribution is -2.06. The largest absolute Gasteiger partial charge is 0.507 e. The number of nitrogen functional groups attached to an aromatic ring is 1. The summed E-state index contributed by atoms with van der Waals surface area (Å²) in [5, 5.41) is 26.8. The highest BCUT2D eigenvalue weighted by molar-refractivity contribution is 6.33. The van der Waals surface area contributed by atoms with Crippen molar-refractivity contribution in [3.63, 3.8) is 0 Å². The first-order chi connectivity index (χ1) is 13.5. The Bertz CT molecular complexity index is 1160. The SMILES string of the molecule is Cl.Nc1nc(Nc2ccc(-c3nn[nH]n3)c(O)c2)nc(-c2ccccc2Cl)c1F. The molecule has 0 radical (unpaired) electrons. The predicted molar refractivity (Wildman–Crippen MR) is 109 cm³/mol. The van der Waals surface area contributed by atoms with Crippen LogP contribution in [0, 0.1) is 5.82 Å². The molecule has 9 nitrogen and oxygen atoms in total. The number of benzene rings is 2. The van der Waals surface area contributed by atoms with Crippen LogP contribution in [0.5, 0.6) is 5.75 Å². The van der Waals surface area contributed by atoms with Gasteiger partial charge in [-0.25, -0.2) is 9.37 Å². The number of aromatic amines is 1. The van der Waals surface area contributed by atoms with Gasteiger partial charge in [-0.05, 0) is 23.4 Å². The summed E-state index contributed by atoms with van der Waals surface area (Å²) in [6, 6.07) is 11.3. The van der Waals surface area contributed by atoms with Crippen molar-refractivity contribution in [2.75, 3.05) is 11.1 Å². The Hall–Kier alpha value is -3.50. The van der Waals surface area contributed by atoms with Gasteiger partial charge in [0.2, 0.25) is 11.8 Å². The third-order valence-electron chi connectivity index (χ3n) is 3.85. The number of phenolic OH excluding ortho intramolecular Hbond substituents is 1. The molecule has 0 aliphatic heterocycles. The molecule has 148 valence electrons. The lowest BCUT2D eigenvalue weighted by Gasteiger charge is -2.11. The number of nitrogens with zero attached hydrogens (tertiary/aromatic N) is 5. The molecule has 0 saturated heterocycles. The minimum atomic E-state index is -0.769. The summed E-state index contributed by atoms with van der Waals surface area (Å²) in [4.78, 5) is 8.08. The molecular formula is C17H13Cl2FN8O. The third-order valence-corrected chi connectivity index (χ3v) is 4.18. The van der Waals surface area contributed by atoms with E-state index in [1.807, 2.05) is 0 Å². The number of nitrogens with one attached hydrogen (secondary N) is 2. The second-order valence-electron chi connectivity index (χ2n) is 5.67. The van der Waals surface area contributed by atoms with Crippen molar-refractivity contribution in [3.05, 3.63) is 53.3 Å². The van der Waals surface area contributed by atoms with E-state index in [9.17, 15) is 9.50 Å². The number of aromatic hydroxyl groups is 1. The van der Waals surface area contributed by atoms with E-state index in [2.05, 4.69) is 35.9 Å². The van der Waals surface area contributed by atoms with Crippen molar-refractivity contribution in [2.24, 2.45) is 0 Å². The fraction of sp³-hybridized carbons (Fsp3) is 0. The molecule has 12 heteroatoms. The van der Waals surface area contributed by atoms with E-state index in [0.29, 0.717) is 21.8 Å². The molecule has 0 aliphatic rings. The molecule has 29 heavy (non-hydrogen) atoms. The van der Waals surface area contributed by atoms with Gasteiger partial charge < -0.3 is 16.2 Å². The first kappa shape index (κ1) is 20.2. The number of hydrogen-bond donors (Lipinski definition) is 4. The van der Waals surface area contributed by atoms with Crippen molar-refractivity contribution >= 4 is 41.5 Å². The Kier molecular flexibility index (Phi) is 5.76. The predicted octanol–water partition coefficient (Wildman–Crippen LogP) is 3.57. The van der Waals surface area contributed by atoms with Crippen molar-refractivity contribution in [3.8, 4) is 28.4 Å². The average molecular weight is 435 g/mol. The number of hydrogen-bond acceptors (Lipinski definition) is 8. The Morgan fingerprint density at radius 3 is 2.59 bits per heavy atom. The van der Waals surface area contributed by atoms with Crippen LogP contribution in [0.2, 0.25) is 5.02 Å². The van der Waals surface area contributed by atoms with E-state index >= 15 is 0 Å². The fourth-order valence-corrected chi connectivity index (χ4v) is 2.78. The fourth-order valence-electron chi connectivity index (χ4n) is 2.56. The van der Waals surface area contributed by atoms with E-state index in [4.69, 9.17) is 17.3 Å². The molecule has 0 saturated carbocycles. The summed E-state index contributed by atoms with van der Waals surface area (Å²) < 4.78 is 14.5. The van der Waals surface area contributed by atoms with Gasteiger partial charge in [-0.15, -0.1) is 22.6 Å². The molecule has 4 rings (SSSR count). The highest BCUT2D eigenvalue weighted by Gasteiger charge is 2.17. The van der Waals surface area contributed by atoms with Gasteiger partial charge in [-0.2, -0.15) is 10.2 Å². The molecule has 2 aromatic carbocycles. The summed E-state index contributed by atoms with van der Waals surface area (Å²) in [5.74, 6) is -0.908. The van der Waals surface area contributed by atoms with Crippen LogP contribution >= 0.6 is 24.0 Å². The third kappa shape index (κ3) is 4.03. The quantitative estimate of drug-likeness (QED) is 0.382. The van der Waals surface area contributed by atoms with Gasteiger partial charge in [0.15, 0.2) is 11.6 Å². The molecule has 0 unspecified atom stereocenters. The zero-order valence-electron chi connectivity index (χ0n) is 14.5. The molecule has 0 atom stereocenters. The molecular weight excluding hydrogens is 422 g/mol. The molecule has 0 spiro atoms. The molecule has 0 fully saturated rings. The second-order valence-corrected chi connectivity index (χ2v) is 6.07. The van der Waals surface area contributed by atoms with Crippen LogP contribution in [-0.2, 0) is 0 Å². The Morgan fingerprint density at radius 2 is 1.90 bits per heavy atom. The lowest BCUT2D eigenvalue weighted by atomic mass is 10.1. The molecule has 2 aromatic heterocycles. The van der Waals surface area contributed by atoms with Crippen molar-refractivity contribution in [2.45, 2.75) is 0 Å². The van der Waals surface area contributed by atoms with E-state index in [-0.39, 0.29) is 41.4 Å². The molecule has 5 N–H and O–H groups in total. The molecule has 0 aliphatic carbocycles. The number of phenols is 1. The average Bonchev–Trinajstić information content (AvgIpc) is 3.20. The molecule has 0 amide bonds. The molecule has 4 aromatic rings. The smallest absolute Gasteiger partial charge is 0.229 e. The minimum Gasteiger partial charge on any atom is -0.507 e. The Morgan fingerprint density at radius 1 is 1.10 bits per heavy atom. The standard InChI is InChI=1S/C17H12ClFN8O.ClH/c18-11-4-2-1-3-9(11)14-13(19)15(20)23-17(22-14)21-8-5-6-10(12(28)7-8)16-24-26-27-25-16;/h1-7,28H,(H3,20,21,22,23)(H,24,25,26,27);1H. The first-order valence-corrected chi connectivity index (χ1v) is 8.32. The van der Waals surface area contributed by atoms with E-state index in [1.54, 1.807) is 36.4 Å². The number of tetrazole rings is 1. The lowest BCUT2D eigenvalue weighted by molar-refractivity contribution is 0.477. The van der Waals surface area contributed by atoms with Gasteiger partial charge in [0.25, 0.3) is 0 Å². The van der Waals surface area contributed by atoms with Gasteiger partial charge in [0.1, 0.15) is 11.4 Å². The summed E-state index contributed by atoms with van der Waals surface area (Å²) in [5.41, 5.74) is 6.87. The number of rotatable bonds is 4. The van der Waals surface area contributed by atoms with Gasteiger partial charge in [-0.3, -0.25) is 0 Å². The van der Waals surface area contributed by atoms with Crippen LogP contribution in [0.4, 0.5) is 21.8 Å². The van der Waals surface area contributed by atoms with Crippen LogP contribution in [-0.4, -0.2) is 35.7 Å². The topological polar surface area (TPSA) is 139 Å². The van der Waals surface area contributed by atoms with Crippen LogP contribution in [0.1, 0.15) is 0 Å².